The number of carbonyl (C=O) groups excluding carboxylic acids is 2. The summed E-state index contributed by atoms with van der Waals surface area (Å²) >= 11 is 0. The molecule has 0 aromatic rings. The van der Waals surface area contributed by atoms with Crippen molar-refractivity contribution < 1.29 is 24.5 Å². The SMILES string of the molecule is CCCCCC/C=C\C/C=C\CCCCCCCCCC(=O)OCCCCCCCCCCCCCCCC/C=C\CCCCCCCCCCCCCCCCCCCC(=O)NC(CO)C(O)CCCCCCCCCCCCCCCCCCCCCCCCCC. The number of ether oxygens (including phenoxy) is 1. The largest absolute Gasteiger partial charge is 0.466 e. The third kappa shape index (κ3) is 79.1. The summed E-state index contributed by atoms with van der Waals surface area (Å²) in [6.07, 6.45) is 110. The Kier molecular flexibility index (Phi) is 81.8. The zero-order valence-corrected chi connectivity index (χ0v) is 64.0. The molecule has 0 heterocycles. The number of amides is 1. The summed E-state index contributed by atoms with van der Waals surface area (Å²) in [7, 11) is 0. The van der Waals surface area contributed by atoms with Crippen LogP contribution in [-0.4, -0.2) is 47.4 Å². The van der Waals surface area contributed by atoms with Crippen LogP contribution in [0.4, 0.5) is 0 Å². The van der Waals surface area contributed by atoms with Crippen molar-refractivity contribution in [3.63, 3.8) is 0 Å². The van der Waals surface area contributed by atoms with Crippen LogP contribution in [0.25, 0.3) is 0 Å². The average molecular weight is 1320 g/mol. The highest BCUT2D eigenvalue weighted by Crippen LogP contribution is 2.21. The van der Waals surface area contributed by atoms with E-state index in [2.05, 4.69) is 55.6 Å². The van der Waals surface area contributed by atoms with Crippen LogP contribution < -0.4 is 5.32 Å². The van der Waals surface area contributed by atoms with Gasteiger partial charge in [0.2, 0.25) is 5.91 Å². The Morgan fingerprint density at radius 3 is 0.830 bits per heavy atom. The van der Waals surface area contributed by atoms with Gasteiger partial charge in [-0.25, -0.2) is 0 Å². The van der Waals surface area contributed by atoms with Crippen LogP contribution in [-0.2, 0) is 14.3 Å². The molecule has 556 valence electrons. The van der Waals surface area contributed by atoms with E-state index in [1.807, 2.05) is 0 Å². The maximum atomic E-state index is 12.6. The van der Waals surface area contributed by atoms with E-state index in [0.717, 1.165) is 51.4 Å². The molecule has 2 atom stereocenters. The molecule has 0 bridgehead atoms. The molecule has 0 aromatic carbocycles. The fourth-order valence-corrected chi connectivity index (χ4v) is 13.8. The lowest BCUT2D eigenvalue weighted by Gasteiger charge is -2.22. The standard InChI is InChI=1S/C88H169NO5/c1-3-5-7-9-11-13-15-17-19-21-23-24-25-39-42-45-48-52-56-60-64-68-72-76-80-86(91)85(84-90)89-87(92)81-77-73-69-65-61-57-53-49-46-43-40-37-35-33-31-29-27-26-28-30-32-34-36-38-41-44-47-51-55-59-63-67-71-75-79-83-94-88(93)82-78-74-70-66-62-58-54-50-22-20-18-16-14-12-10-8-6-4-2/h14,16,20,22,28,30,85-86,90-91H,3-13,15,17-19,21,23-27,29,31-84H2,1-2H3,(H,89,92)/b16-14-,22-20-,30-28-. The zero-order chi connectivity index (χ0) is 67.7. The molecule has 0 aliphatic carbocycles. The molecular formula is C88H169NO5. The Labute approximate surface area is 589 Å². The third-order valence-corrected chi connectivity index (χ3v) is 20.4. The van der Waals surface area contributed by atoms with Crippen molar-refractivity contribution >= 4 is 11.9 Å². The summed E-state index contributed by atoms with van der Waals surface area (Å²) in [6, 6.07) is -0.540. The van der Waals surface area contributed by atoms with E-state index in [0.29, 0.717) is 25.9 Å². The van der Waals surface area contributed by atoms with Gasteiger partial charge in [0.25, 0.3) is 0 Å². The minimum Gasteiger partial charge on any atom is -0.466 e. The number of nitrogens with one attached hydrogen (secondary N) is 1. The highest BCUT2D eigenvalue weighted by molar-refractivity contribution is 5.76. The van der Waals surface area contributed by atoms with Crippen LogP contribution in [0.2, 0.25) is 0 Å². The second-order valence-corrected chi connectivity index (χ2v) is 29.9. The quantitative estimate of drug-likeness (QED) is 0.0320. The smallest absolute Gasteiger partial charge is 0.305 e. The van der Waals surface area contributed by atoms with Gasteiger partial charge in [-0.15, -0.1) is 0 Å². The maximum absolute atomic E-state index is 12.6. The highest BCUT2D eigenvalue weighted by Gasteiger charge is 2.20. The molecule has 0 fully saturated rings. The normalized spacial score (nSPS) is 12.6. The van der Waals surface area contributed by atoms with Crippen molar-refractivity contribution in [3.8, 4) is 0 Å². The number of aliphatic hydroxyl groups excluding tert-OH is 2. The summed E-state index contributed by atoms with van der Waals surface area (Å²) in [6.45, 7) is 4.99. The molecule has 0 saturated carbocycles. The monoisotopic (exact) mass is 1320 g/mol. The lowest BCUT2D eigenvalue weighted by atomic mass is 10.0. The number of aliphatic hydroxyl groups is 2. The second-order valence-electron chi connectivity index (χ2n) is 29.9. The predicted octanol–water partition coefficient (Wildman–Crippen LogP) is 28.9. The van der Waals surface area contributed by atoms with Gasteiger partial charge >= 0.3 is 5.97 Å². The van der Waals surface area contributed by atoms with Crippen LogP contribution in [0.5, 0.6) is 0 Å². The molecule has 2 unspecified atom stereocenters. The molecule has 0 aliphatic rings. The van der Waals surface area contributed by atoms with Gasteiger partial charge in [-0.2, -0.15) is 0 Å². The molecule has 0 spiro atoms. The van der Waals surface area contributed by atoms with E-state index in [9.17, 15) is 19.8 Å². The summed E-state index contributed by atoms with van der Waals surface area (Å²) in [5.41, 5.74) is 0. The minimum absolute atomic E-state index is 0.0138. The van der Waals surface area contributed by atoms with E-state index in [1.54, 1.807) is 0 Å². The lowest BCUT2D eigenvalue weighted by Crippen LogP contribution is -2.45. The molecule has 1 amide bonds. The van der Waals surface area contributed by atoms with E-state index >= 15 is 0 Å². The third-order valence-electron chi connectivity index (χ3n) is 20.4. The Morgan fingerprint density at radius 1 is 0.298 bits per heavy atom. The number of hydrogen-bond acceptors (Lipinski definition) is 5. The van der Waals surface area contributed by atoms with Gasteiger partial charge in [0.1, 0.15) is 0 Å². The molecule has 0 rings (SSSR count). The number of unbranched alkanes of at least 4 members (excludes halogenated alkanes) is 65. The van der Waals surface area contributed by atoms with Gasteiger partial charge in [-0.05, 0) is 83.5 Å². The molecule has 94 heavy (non-hydrogen) atoms. The summed E-state index contributed by atoms with van der Waals surface area (Å²) in [5.74, 6) is -0.0116. The molecule has 6 heteroatoms. The molecule has 0 saturated heterocycles. The number of carbonyl (C=O) groups is 2. The zero-order valence-electron chi connectivity index (χ0n) is 64.0. The fraction of sp³-hybridized carbons (Fsp3) is 0.909. The van der Waals surface area contributed by atoms with Crippen molar-refractivity contribution in [2.45, 2.75) is 501 Å². The summed E-state index contributed by atoms with van der Waals surface area (Å²) in [4.78, 5) is 24.7. The van der Waals surface area contributed by atoms with Crippen LogP contribution in [0.3, 0.4) is 0 Å². The van der Waals surface area contributed by atoms with Crippen LogP contribution >= 0.6 is 0 Å². The first-order chi connectivity index (χ1) is 46.5. The molecule has 0 aliphatic heterocycles. The Bertz CT molecular complexity index is 1520. The fourth-order valence-electron chi connectivity index (χ4n) is 13.8. The first kappa shape index (κ1) is 92.1. The van der Waals surface area contributed by atoms with Crippen LogP contribution in [0.1, 0.15) is 489 Å². The van der Waals surface area contributed by atoms with Gasteiger partial charge in [0.15, 0.2) is 0 Å². The van der Waals surface area contributed by atoms with Gasteiger partial charge in [0.05, 0.1) is 25.4 Å². The van der Waals surface area contributed by atoms with E-state index in [-0.39, 0.29) is 18.5 Å². The van der Waals surface area contributed by atoms with E-state index in [1.165, 1.54) is 405 Å². The first-order valence-electron chi connectivity index (χ1n) is 43.2. The topological polar surface area (TPSA) is 95.9 Å². The molecule has 3 N–H and O–H groups in total. The van der Waals surface area contributed by atoms with E-state index in [4.69, 9.17) is 4.74 Å². The van der Waals surface area contributed by atoms with Gasteiger partial charge in [-0.3, -0.25) is 9.59 Å². The molecular weight excluding hydrogens is 1150 g/mol. The van der Waals surface area contributed by atoms with Crippen molar-refractivity contribution in [3.05, 3.63) is 36.5 Å². The second kappa shape index (κ2) is 83.5. The number of esters is 1. The Balaban J connectivity index is 3.34. The van der Waals surface area contributed by atoms with Gasteiger partial charge < -0.3 is 20.3 Å². The first-order valence-corrected chi connectivity index (χ1v) is 43.2. The molecule has 0 radical (unpaired) electrons. The lowest BCUT2D eigenvalue weighted by molar-refractivity contribution is -0.143. The Hall–Kier alpha value is -1.92. The van der Waals surface area contributed by atoms with Crippen LogP contribution in [0.15, 0.2) is 36.5 Å². The van der Waals surface area contributed by atoms with Gasteiger partial charge in [0, 0.05) is 12.8 Å². The van der Waals surface area contributed by atoms with Crippen molar-refractivity contribution in [2.75, 3.05) is 13.2 Å². The van der Waals surface area contributed by atoms with Crippen LogP contribution in [0, 0.1) is 0 Å². The number of rotatable bonds is 82. The minimum atomic E-state index is -0.664. The van der Waals surface area contributed by atoms with Crippen molar-refractivity contribution in [2.24, 2.45) is 0 Å². The molecule has 6 nitrogen and oxygen atoms in total. The highest BCUT2D eigenvalue weighted by atomic mass is 16.5. The summed E-state index contributed by atoms with van der Waals surface area (Å²) < 4.78 is 5.51. The Morgan fingerprint density at radius 2 is 0.532 bits per heavy atom. The van der Waals surface area contributed by atoms with Crippen molar-refractivity contribution in [1.82, 2.24) is 5.32 Å². The number of hydrogen-bond donors (Lipinski definition) is 3. The van der Waals surface area contributed by atoms with Crippen molar-refractivity contribution in [1.29, 1.82) is 0 Å². The predicted molar refractivity (Wildman–Crippen MR) is 416 cm³/mol. The van der Waals surface area contributed by atoms with E-state index < -0.39 is 12.1 Å². The summed E-state index contributed by atoms with van der Waals surface area (Å²) in [5, 5.41) is 23.5. The number of allylic oxidation sites excluding steroid dienone is 6. The average Bonchev–Trinajstić information content (AvgIpc) is 3.68. The molecule has 0 aromatic heterocycles. The maximum Gasteiger partial charge on any atom is 0.305 e. The van der Waals surface area contributed by atoms with Gasteiger partial charge in [-0.1, -0.05) is 429 Å².